The average molecular weight is 720 g/mol. The third-order valence-corrected chi connectivity index (χ3v) is 12.0. The van der Waals surface area contributed by atoms with Crippen LogP contribution in [0.25, 0.3) is 86.3 Å². The number of hydrogen-bond donors (Lipinski definition) is 0. The van der Waals surface area contributed by atoms with Crippen LogP contribution in [0.5, 0.6) is 0 Å². The van der Waals surface area contributed by atoms with Crippen LogP contribution < -0.4 is 4.90 Å². The molecule has 0 atom stereocenters. The Hall–Kier alpha value is -6.94. The Kier molecular flexibility index (Phi) is 7.39. The predicted octanol–water partition coefficient (Wildman–Crippen LogP) is 15.6. The molecular weight excluding hydrogens is 687 g/mol. The minimum absolute atomic E-state index is 0.904. The van der Waals surface area contributed by atoms with Gasteiger partial charge in [-0.25, -0.2) is 0 Å². The number of benzene rings is 9. The highest BCUT2D eigenvalue weighted by molar-refractivity contribution is 7.25. The monoisotopic (exact) mass is 719 g/mol. The van der Waals surface area contributed by atoms with Crippen molar-refractivity contribution in [2.24, 2.45) is 0 Å². The molecule has 9 aromatic carbocycles. The zero-order valence-corrected chi connectivity index (χ0v) is 30.6. The maximum absolute atomic E-state index is 6.23. The quantitative estimate of drug-likeness (QED) is 0.170. The largest absolute Gasteiger partial charge is 0.456 e. The minimum atomic E-state index is 0.904. The summed E-state index contributed by atoms with van der Waals surface area (Å²) in [5.41, 5.74) is 12.2. The van der Waals surface area contributed by atoms with Crippen LogP contribution in [-0.4, -0.2) is 0 Å². The van der Waals surface area contributed by atoms with Gasteiger partial charge in [-0.1, -0.05) is 121 Å². The summed E-state index contributed by atoms with van der Waals surface area (Å²) in [6, 6.07) is 72.4. The summed E-state index contributed by atoms with van der Waals surface area (Å²) >= 11 is 1.86. The van der Waals surface area contributed by atoms with Crippen LogP contribution in [0.2, 0.25) is 0 Å². The van der Waals surface area contributed by atoms with Gasteiger partial charge in [-0.2, -0.15) is 0 Å². The lowest BCUT2D eigenvalue weighted by atomic mass is 10.00. The fraction of sp³-hybridized carbons (Fsp3) is 0. The summed E-state index contributed by atoms with van der Waals surface area (Å²) in [4.78, 5) is 2.36. The van der Waals surface area contributed by atoms with E-state index in [1.165, 1.54) is 53.2 Å². The van der Waals surface area contributed by atoms with E-state index in [4.69, 9.17) is 4.42 Å². The molecule has 55 heavy (non-hydrogen) atoms. The van der Waals surface area contributed by atoms with E-state index in [2.05, 4.69) is 193 Å². The van der Waals surface area contributed by atoms with E-state index in [0.29, 0.717) is 0 Å². The molecule has 0 aliphatic heterocycles. The van der Waals surface area contributed by atoms with Crippen LogP contribution in [0, 0.1) is 0 Å². The van der Waals surface area contributed by atoms with Gasteiger partial charge in [0.1, 0.15) is 11.2 Å². The number of rotatable bonds is 6. The van der Waals surface area contributed by atoms with Crippen LogP contribution >= 0.6 is 11.3 Å². The molecule has 2 nitrogen and oxygen atoms in total. The minimum Gasteiger partial charge on any atom is -0.456 e. The normalized spacial score (nSPS) is 11.6. The van der Waals surface area contributed by atoms with E-state index in [0.717, 1.165) is 50.1 Å². The molecule has 0 amide bonds. The van der Waals surface area contributed by atoms with Crippen molar-refractivity contribution in [3.63, 3.8) is 0 Å². The van der Waals surface area contributed by atoms with Crippen molar-refractivity contribution in [3.05, 3.63) is 200 Å². The molecule has 2 heterocycles. The Bertz CT molecular complexity index is 3210. The summed E-state index contributed by atoms with van der Waals surface area (Å²) in [7, 11) is 0. The summed E-state index contributed by atoms with van der Waals surface area (Å²) in [6.07, 6.45) is 0. The smallest absolute Gasteiger partial charge is 0.136 e. The van der Waals surface area contributed by atoms with Crippen molar-refractivity contribution >= 4 is 81.3 Å². The van der Waals surface area contributed by atoms with Gasteiger partial charge < -0.3 is 9.32 Å². The standard InChI is InChI=1S/C52H33NOS/c1-2-9-37-30-39(17-16-34(37)8-1)35-18-24-42(25-19-35)53(43-26-20-36(21-27-43)41-22-28-46-45-12-3-5-14-49(45)54-50(46)33-41)44-11-7-10-38(31-44)40-23-29-52-48(32-40)47-13-4-6-15-51(47)55-52/h1-33H. The number of hydrogen-bond acceptors (Lipinski definition) is 3. The van der Waals surface area contributed by atoms with Crippen molar-refractivity contribution in [3.8, 4) is 33.4 Å². The molecule has 0 aliphatic rings. The SMILES string of the molecule is c1cc(-c2ccc3sc4ccccc4c3c2)cc(N(c2ccc(-c3ccc4ccccc4c3)cc2)c2ccc(-c3ccc4c(c3)oc3ccccc34)cc2)c1. The van der Waals surface area contributed by atoms with Gasteiger partial charge in [-0.3, -0.25) is 0 Å². The number of nitrogens with zero attached hydrogens (tertiary/aromatic N) is 1. The Morgan fingerprint density at radius 1 is 0.309 bits per heavy atom. The Morgan fingerprint density at radius 2 is 0.891 bits per heavy atom. The number of thiophene rings is 1. The molecule has 0 N–H and O–H groups in total. The molecular formula is C52H33NOS. The van der Waals surface area contributed by atoms with Gasteiger partial charge in [0.05, 0.1) is 0 Å². The Labute approximate surface area is 322 Å². The molecule has 0 saturated carbocycles. The number of anilines is 3. The molecule has 0 spiro atoms. The maximum atomic E-state index is 6.23. The number of furan rings is 1. The second-order valence-corrected chi connectivity index (χ2v) is 15.2. The third kappa shape index (κ3) is 5.56. The zero-order chi connectivity index (χ0) is 36.3. The summed E-state index contributed by atoms with van der Waals surface area (Å²) in [5.74, 6) is 0. The molecule has 0 aliphatic carbocycles. The molecule has 2 aromatic heterocycles. The third-order valence-electron chi connectivity index (χ3n) is 10.9. The Balaban J connectivity index is 0.995. The highest BCUT2D eigenvalue weighted by Crippen LogP contribution is 2.41. The predicted molar refractivity (Wildman–Crippen MR) is 235 cm³/mol. The van der Waals surface area contributed by atoms with Gasteiger partial charge >= 0.3 is 0 Å². The van der Waals surface area contributed by atoms with Gasteiger partial charge in [0.2, 0.25) is 0 Å². The molecule has 0 radical (unpaired) electrons. The highest BCUT2D eigenvalue weighted by atomic mass is 32.1. The molecule has 11 rings (SSSR count). The van der Waals surface area contributed by atoms with Crippen LogP contribution in [0.15, 0.2) is 205 Å². The lowest BCUT2D eigenvalue weighted by Gasteiger charge is -2.26. The van der Waals surface area contributed by atoms with Gasteiger partial charge in [0.15, 0.2) is 0 Å². The van der Waals surface area contributed by atoms with Crippen molar-refractivity contribution < 1.29 is 4.42 Å². The van der Waals surface area contributed by atoms with E-state index < -0.39 is 0 Å². The van der Waals surface area contributed by atoms with Crippen molar-refractivity contribution in [1.29, 1.82) is 0 Å². The first kappa shape index (κ1) is 31.6. The number of fused-ring (bicyclic) bond motifs is 7. The van der Waals surface area contributed by atoms with E-state index >= 15 is 0 Å². The van der Waals surface area contributed by atoms with E-state index in [1.54, 1.807) is 0 Å². The molecule has 11 aromatic rings. The lowest BCUT2D eigenvalue weighted by Crippen LogP contribution is -2.10. The van der Waals surface area contributed by atoms with Gasteiger partial charge in [0, 0.05) is 48.0 Å². The van der Waals surface area contributed by atoms with Gasteiger partial charge in [0.25, 0.3) is 0 Å². The first-order valence-electron chi connectivity index (χ1n) is 18.6. The van der Waals surface area contributed by atoms with Crippen molar-refractivity contribution in [2.45, 2.75) is 0 Å². The van der Waals surface area contributed by atoms with E-state index in [-0.39, 0.29) is 0 Å². The van der Waals surface area contributed by atoms with E-state index in [1.807, 2.05) is 23.5 Å². The maximum Gasteiger partial charge on any atom is 0.136 e. The summed E-state index contributed by atoms with van der Waals surface area (Å²) in [5, 5.41) is 7.40. The van der Waals surface area contributed by atoms with Gasteiger partial charge in [-0.05, 0) is 123 Å². The van der Waals surface area contributed by atoms with Crippen LogP contribution in [0.1, 0.15) is 0 Å². The molecule has 0 bridgehead atoms. The highest BCUT2D eigenvalue weighted by Gasteiger charge is 2.16. The van der Waals surface area contributed by atoms with E-state index in [9.17, 15) is 0 Å². The molecule has 258 valence electrons. The fourth-order valence-electron chi connectivity index (χ4n) is 8.06. The number of para-hydroxylation sites is 1. The molecule has 0 fully saturated rings. The van der Waals surface area contributed by atoms with Gasteiger partial charge in [-0.15, -0.1) is 11.3 Å². The summed E-state index contributed by atoms with van der Waals surface area (Å²) < 4.78 is 8.87. The summed E-state index contributed by atoms with van der Waals surface area (Å²) in [6.45, 7) is 0. The first-order valence-corrected chi connectivity index (χ1v) is 19.5. The van der Waals surface area contributed by atoms with Crippen LogP contribution in [0.4, 0.5) is 17.1 Å². The second kappa shape index (κ2) is 12.9. The van der Waals surface area contributed by atoms with Crippen LogP contribution in [-0.2, 0) is 0 Å². The molecule has 3 heteroatoms. The molecule has 0 unspecified atom stereocenters. The first-order chi connectivity index (χ1) is 27.2. The van der Waals surface area contributed by atoms with Crippen molar-refractivity contribution in [2.75, 3.05) is 4.90 Å². The second-order valence-electron chi connectivity index (χ2n) is 14.2. The average Bonchev–Trinajstić information content (AvgIpc) is 3.82. The lowest BCUT2D eigenvalue weighted by molar-refractivity contribution is 0.669. The topological polar surface area (TPSA) is 16.4 Å². The molecule has 0 saturated heterocycles. The fourth-order valence-corrected chi connectivity index (χ4v) is 9.14. The zero-order valence-electron chi connectivity index (χ0n) is 29.8. The Morgan fingerprint density at radius 3 is 1.71 bits per heavy atom. The van der Waals surface area contributed by atoms with Crippen molar-refractivity contribution in [1.82, 2.24) is 0 Å². The van der Waals surface area contributed by atoms with Crippen LogP contribution in [0.3, 0.4) is 0 Å².